The highest BCUT2D eigenvalue weighted by atomic mass is 16.5. The fraction of sp³-hybridized carbons (Fsp3) is 0.344. The summed E-state index contributed by atoms with van der Waals surface area (Å²) < 4.78 is 6.12. The van der Waals surface area contributed by atoms with Gasteiger partial charge in [0.25, 0.3) is 0 Å². The second kappa shape index (κ2) is 9.85. The molecule has 2 aliphatic rings. The highest BCUT2D eigenvalue weighted by Crippen LogP contribution is 2.45. The maximum Gasteiger partial charge on any atom is 0.163 e. The van der Waals surface area contributed by atoms with Gasteiger partial charge in [0.15, 0.2) is 5.78 Å². The molecule has 3 aromatic carbocycles. The third-order valence-corrected chi connectivity index (χ3v) is 7.25. The Hall–Kier alpha value is -3.53. The van der Waals surface area contributed by atoms with E-state index in [1.54, 1.807) is 0 Å². The van der Waals surface area contributed by atoms with E-state index in [1.807, 2.05) is 30.3 Å². The Morgan fingerprint density at radius 3 is 2.31 bits per heavy atom. The molecule has 4 nitrogen and oxygen atoms in total. The Kier molecular flexibility index (Phi) is 6.61. The van der Waals surface area contributed by atoms with E-state index < -0.39 is 0 Å². The van der Waals surface area contributed by atoms with Crippen molar-refractivity contribution in [1.82, 2.24) is 0 Å². The lowest BCUT2D eigenvalue weighted by Crippen LogP contribution is -2.27. The van der Waals surface area contributed by atoms with Crippen LogP contribution in [0.5, 0.6) is 5.75 Å². The van der Waals surface area contributed by atoms with E-state index in [1.165, 1.54) is 11.1 Å². The minimum atomic E-state index is -0.277. The Balaban J connectivity index is 1.56. The van der Waals surface area contributed by atoms with Gasteiger partial charge >= 0.3 is 0 Å². The van der Waals surface area contributed by atoms with Gasteiger partial charge in [-0.3, -0.25) is 4.79 Å². The molecule has 0 aromatic heterocycles. The first-order valence-corrected chi connectivity index (χ1v) is 13.1. The van der Waals surface area contributed by atoms with Crippen molar-refractivity contribution in [2.45, 2.75) is 64.3 Å². The number of hydrogen-bond donors (Lipinski definition) is 2. The van der Waals surface area contributed by atoms with E-state index in [0.29, 0.717) is 13.0 Å². The summed E-state index contributed by atoms with van der Waals surface area (Å²) in [6.07, 6.45) is 2.22. The van der Waals surface area contributed by atoms with Crippen molar-refractivity contribution in [3.05, 3.63) is 101 Å². The third-order valence-electron chi connectivity index (χ3n) is 7.25. The van der Waals surface area contributed by atoms with Crippen LogP contribution in [-0.4, -0.2) is 12.4 Å². The molecule has 2 N–H and O–H groups in total. The zero-order chi connectivity index (χ0) is 25.3. The minimum Gasteiger partial charge on any atom is -0.493 e. The number of nitrogens with one attached hydrogen (secondary N) is 2. The summed E-state index contributed by atoms with van der Waals surface area (Å²) in [6.45, 7) is 9.43. The van der Waals surface area contributed by atoms with E-state index in [0.717, 1.165) is 46.8 Å². The molecular weight excluding hydrogens is 444 g/mol. The molecule has 3 aromatic rings. The lowest BCUT2D eigenvalue weighted by molar-refractivity contribution is -0.116. The number of hydrogen-bond acceptors (Lipinski definition) is 4. The van der Waals surface area contributed by atoms with Crippen LogP contribution in [0, 0.1) is 0 Å². The number of ether oxygens (including phenoxy) is 1. The zero-order valence-electron chi connectivity index (χ0n) is 21.7. The van der Waals surface area contributed by atoms with Crippen LogP contribution in [0.4, 0.5) is 11.4 Å². The van der Waals surface area contributed by atoms with Gasteiger partial charge in [0.1, 0.15) is 5.75 Å². The number of carbonyl (C=O) groups is 1. The number of allylic oxidation sites excluding steroid dienone is 1. The molecule has 1 heterocycles. The summed E-state index contributed by atoms with van der Waals surface area (Å²) in [5.74, 6) is 1.16. The summed E-state index contributed by atoms with van der Waals surface area (Å²) in [6, 6.07) is 24.8. The molecule has 4 heteroatoms. The normalized spacial score (nSPS) is 19.5. The van der Waals surface area contributed by atoms with E-state index >= 15 is 0 Å². The smallest absolute Gasteiger partial charge is 0.163 e. The molecule has 0 fully saturated rings. The number of Topliss-reactive ketones (excluding diaryl/α,β-unsaturated/α-hetero) is 1. The van der Waals surface area contributed by atoms with Gasteiger partial charge in [0.2, 0.25) is 0 Å². The molecule has 2 unspecified atom stereocenters. The molecular formula is C32H36N2O2. The van der Waals surface area contributed by atoms with Gasteiger partial charge in [-0.1, -0.05) is 82.3 Å². The Bertz CT molecular complexity index is 1280. The average Bonchev–Trinajstić information content (AvgIpc) is 3.04. The van der Waals surface area contributed by atoms with Crippen molar-refractivity contribution in [3.63, 3.8) is 0 Å². The Morgan fingerprint density at radius 1 is 0.889 bits per heavy atom. The molecule has 0 radical (unpaired) electrons. The van der Waals surface area contributed by atoms with Gasteiger partial charge < -0.3 is 15.4 Å². The van der Waals surface area contributed by atoms with E-state index in [9.17, 15) is 4.79 Å². The second-order valence-electron chi connectivity index (χ2n) is 10.9. The topological polar surface area (TPSA) is 50.4 Å². The van der Waals surface area contributed by atoms with Crippen molar-refractivity contribution >= 4 is 17.2 Å². The lowest BCUT2D eigenvalue weighted by atomic mass is 9.77. The molecule has 0 spiro atoms. The van der Waals surface area contributed by atoms with Gasteiger partial charge in [-0.2, -0.15) is 0 Å². The first-order chi connectivity index (χ1) is 17.3. The maximum atomic E-state index is 13.9. The fourth-order valence-corrected chi connectivity index (χ4v) is 5.28. The largest absolute Gasteiger partial charge is 0.493 e. The Labute approximate surface area is 214 Å². The van der Waals surface area contributed by atoms with Gasteiger partial charge in [0, 0.05) is 23.3 Å². The zero-order valence-corrected chi connectivity index (χ0v) is 21.7. The number of ketones is 1. The molecule has 1 aliphatic heterocycles. The first kappa shape index (κ1) is 24.2. The molecule has 0 saturated carbocycles. The number of rotatable bonds is 5. The fourth-order valence-electron chi connectivity index (χ4n) is 5.28. The number of fused-ring (bicyclic) bond motifs is 1. The summed E-state index contributed by atoms with van der Waals surface area (Å²) in [7, 11) is 0. The average molecular weight is 481 g/mol. The van der Waals surface area contributed by atoms with Crippen molar-refractivity contribution in [1.29, 1.82) is 0 Å². The van der Waals surface area contributed by atoms with E-state index in [2.05, 4.69) is 80.8 Å². The standard InChI is InChI=1S/C32H36N2O2/c1-5-18-36-29-13-9-6-10-24(29)31-30-27(33-25-11-7-8-12-26(25)34-31)19-22(20-28(30)35)21-14-16-23(17-15-21)32(2,3)4/h6-17,22,31,33-34H,5,18-20H2,1-4H3. The van der Waals surface area contributed by atoms with E-state index in [4.69, 9.17) is 4.74 Å². The van der Waals surface area contributed by atoms with Crippen LogP contribution in [0.1, 0.15) is 75.6 Å². The van der Waals surface area contributed by atoms with Crippen LogP contribution in [0.25, 0.3) is 0 Å². The SMILES string of the molecule is CCCOc1ccccc1C1Nc2ccccc2NC2=C1C(=O)CC(c1ccc(C(C)(C)C)cc1)C2. The molecule has 2 atom stereocenters. The van der Waals surface area contributed by atoms with Gasteiger partial charge in [-0.05, 0) is 53.5 Å². The number of carbonyl (C=O) groups excluding carboxylic acids is 1. The van der Waals surface area contributed by atoms with Crippen LogP contribution in [-0.2, 0) is 10.2 Å². The van der Waals surface area contributed by atoms with E-state index in [-0.39, 0.29) is 23.2 Å². The predicted octanol–water partition coefficient (Wildman–Crippen LogP) is 7.75. The summed E-state index contributed by atoms with van der Waals surface area (Å²) in [5.41, 5.74) is 7.44. The van der Waals surface area contributed by atoms with Crippen molar-refractivity contribution in [2.24, 2.45) is 0 Å². The van der Waals surface area contributed by atoms with Crippen LogP contribution >= 0.6 is 0 Å². The number of benzene rings is 3. The molecule has 186 valence electrons. The lowest BCUT2D eigenvalue weighted by Gasteiger charge is -2.31. The molecule has 0 saturated heterocycles. The molecule has 5 rings (SSSR count). The number of anilines is 2. The summed E-state index contributed by atoms with van der Waals surface area (Å²) in [4.78, 5) is 13.9. The highest BCUT2D eigenvalue weighted by Gasteiger charge is 2.37. The maximum absolute atomic E-state index is 13.9. The van der Waals surface area contributed by atoms with Gasteiger partial charge in [-0.25, -0.2) is 0 Å². The molecule has 36 heavy (non-hydrogen) atoms. The quantitative estimate of drug-likeness (QED) is 0.392. The second-order valence-corrected chi connectivity index (χ2v) is 10.9. The third kappa shape index (κ3) is 4.77. The predicted molar refractivity (Wildman–Crippen MR) is 148 cm³/mol. The molecule has 0 amide bonds. The van der Waals surface area contributed by atoms with Gasteiger partial charge in [-0.15, -0.1) is 0 Å². The molecule has 1 aliphatic carbocycles. The van der Waals surface area contributed by atoms with Crippen molar-refractivity contribution in [2.75, 3.05) is 17.2 Å². The first-order valence-electron chi connectivity index (χ1n) is 13.1. The van der Waals surface area contributed by atoms with Gasteiger partial charge in [0.05, 0.1) is 24.0 Å². The van der Waals surface area contributed by atoms with Crippen LogP contribution < -0.4 is 15.4 Å². The summed E-state index contributed by atoms with van der Waals surface area (Å²) >= 11 is 0. The highest BCUT2D eigenvalue weighted by molar-refractivity contribution is 6.01. The van der Waals surface area contributed by atoms with Crippen LogP contribution in [0.15, 0.2) is 84.1 Å². The monoisotopic (exact) mass is 480 g/mol. The Morgan fingerprint density at radius 2 is 1.58 bits per heavy atom. The van der Waals surface area contributed by atoms with Crippen molar-refractivity contribution in [3.8, 4) is 5.75 Å². The van der Waals surface area contributed by atoms with Crippen LogP contribution in [0.2, 0.25) is 0 Å². The van der Waals surface area contributed by atoms with Crippen molar-refractivity contribution < 1.29 is 9.53 Å². The summed E-state index contributed by atoms with van der Waals surface area (Å²) in [5, 5.41) is 7.32. The molecule has 0 bridgehead atoms. The van der Waals surface area contributed by atoms with Crippen LogP contribution in [0.3, 0.4) is 0 Å². The number of para-hydroxylation sites is 3. The minimum absolute atomic E-state index is 0.106.